The summed E-state index contributed by atoms with van der Waals surface area (Å²) in [5.41, 5.74) is 0. The molecule has 1 heterocycles. The zero-order valence-corrected chi connectivity index (χ0v) is 16.0. The second-order valence-electron chi connectivity index (χ2n) is 5.54. The Morgan fingerprint density at radius 3 is 2.61 bits per heavy atom. The van der Waals surface area contributed by atoms with Crippen molar-refractivity contribution in [2.24, 2.45) is 4.99 Å². The third-order valence-electron chi connectivity index (χ3n) is 3.69. The van der Waals surface area contributed by atoms with Gasteiger partial charge >= 0.3 is 0 Å². The van der Waals surface area contributed by atoms with Crippen molar-refractivity contribution in [1.82, 2.24) is 20.5 Å². The fraction of sp³-hybridized carbons (Fsp3) is 0.765. The summed E-state index contributed by atoms with van der Waals surface area (Å²) in [6.45, 7) is 14.7. The van der Waals surface area contributed by atoms with Gasteiger partial charge in [-0.15, -0.1) is 11.3 Å². The normalized spacial score (nSPS) is 12.0. The van der Waals surface area contributed by atoms with Crippen LogP contribution in [0.4, 0.5) is 0 Å². The second kappa shape index (κ2) is 12.3. The van der Waals surface area contributed by atoms with E-state index in [9.17, 15) is 0 Å². The number of aryl methyl sites for hydroxylation is 1. The van der Waals surface area contributed by atoms with Gasteiger partial charge in [0.05, 0.1) is 5.01 Å². The SMILES string of the molecule is CCNC(=NCCCCN(CC)CC)NCCc1ncc(C)s1. The van der Waals surface area contributed by atoms with Gasteiger partial charge in [-0.3, -0.25) is 4.99 Å². The van der Waals surface area contributed by atoms with Crippen molar-refractivity contribution in [3.8, 4) is 0 Å². The number of unbranched alkanes of at least 4 members (excludes halogenated alkanes) is 1. The van der Waals surface area contributed by atoms with E-state index in [4.69, 9.17) is 0 Å². The maximum atomic E-state index is 4.66. The molecule has 1 aromatic heterocycles. The predicted octanol–water partition coefficient (Wildman–Crippen LogP) is 2.67. The van der Waals surface area contributed by atoms with Crippen LogP contribution in [0.25, 0.3) is 0 Å². The number of rotatable bonds is 11. The van der Waals surface area contributed by atoms with Crippen molar-refractivity contribution in [3.63, 3.8) is 0 Å². The van der Waals surface area contributed by atoms with E-state index in [1.165, 1.54) is 22.9 Å². The van der Waals surface area contributed by atoms with Crippen LogP contribution in [0.15, 0.2) is 11.2 Å². The molecule has 2 N–H and O–H groups in total. The molecule has 0 aliphatic heterocycles. The van der Waals surface area contributed by atoms with Gasteiger partial charge in [-0.05, 0) is 46.3 Å². The third kappa shape index (κ3) is 8.91. The Morgan fingerprint density at radius 1 is 1.22 bits per heavy atom. The summed E-state index contributed by atoms with van der Waals surface area (Å²) in [7, 11) is 0. The van der Waals surface area contributed by atoms with Crippen molar-refractivity contribution in [2.45, 2.75) is 47.0 Å². The molecule has 1 aromatic rings. The van der Waals surface area contributed by atoms with Crippen LogP contribution < -0.4 is 10.6 Å². The molecule has 0 aliphatic carbocycles. The Kier molecular flexibility index (Phi) is 10.6. The first kappa shape index (κ1) is 19.9. The summed E-state index contributed by atoms with van der Waals surface area (Å²) in [6.07, 6.45) is 5.24. The highest BCUT2D eigenvalue weighted by Gasteiger charge is 2.01. The fourth-order valence-corrected chi connectivity index (χ4v) is 3.11. The van der Waals surface area contributed by atoms with Crippen LogP contribution in [-0.2, 0) is 6.42 Å². The van der Waals surface area contributed by atoms with Gasteiger partial charge in [-0.2, -0.15) is 0 Å². The number of aliphatic imine (C=N–C) groups is 1. The monoisotopic (exact) mass is 339 g/mol. The van der Waals surface area contributed by atoms with E-state index in [2.05, 4.69) is 53.2 Å². The molecule has 0 atom stereocenters. The highest BCUT2D eigenvalue weighted by Crippen LogP contribution is 2.10. The molecule has 0 saturated carbocycles. The van der Waals surface area contributed by atoms with Crippen molar-refractivity contribution >= 4 is 17.3 Å². The quantitative estimate of drug-likeness (QED) is 0.370. The van der Waals surface area contributed by atoms with Crippen molar-refractivity contribution in [3.05, 3.63) is 16.1 Å². The number of thiazole rings is 1. The molecule has 6 heteroatoms. The lowest BCUT2D eigenvalue weighted by molar-refractivity contribution is 0.297. The number of hydrogen-bond donors (Lipinski definition) is 2. The summed E-state index contributed by atoms with van der Waals surface area (Å²) < 4.78 is 0. The standard InChI is InChI=1S/C17H33N5S/c1-5-18-17(19-11-8-9-13-22(6-2)7-3)20-12-10-16-21-14-15(4)23-16/h14H,5-13H2,1-4H3,(H2,18,19,20). The number of nitrogens with one attached hydrogen (secondary N) is 2. The minimum Gasteiger partial charge on any atom is -0.357 e. The van der Waals surface area contributed by atoms with Gasteiger partial charge in [0.25, 0.3) is 0 Å². The Labute approximate surface area is 145 Å². The van der Waals surface area contributed by atoms with Crippen LogP contribution in [0.3, 0.4) is 0 Å². The minimum absolute atomic E-state index is 0.873. The predicted molar refractivity (Wildman–Crippen MR) is 102 cm³/mol. The van der Waals surface area contributed by atoms with Crippen LogP contribution in [0.1, 0.15) is 43.5 Å². The average molecular weight is 340 g/mol. The smallest absolute Gasteiger partial charge is 0.191 e. The van der Waals surface area contributed by atoms with Crippen LogP contribution in [0.5, 0.6) is 0 Å². The Morgan fingerprint density at radius 2 is 2.00 bits per heavy atom. The molecule has 0 aromatic carbocycles. The average Bonchev–Trinajstić information content (AvgIpc) is 2.96. The van der Waals surface area contributed by atoms with E-state index >= 15 is 0 Å². The lowest BCUT2D eigenvalue weighted by Gasteiger charge is -2.17. The maximum absolute atomic E-state index is 4.66. The lowest BCUT2D eigenvalue weighted by Crippen LogP contribution is -2.38. The van der Waals surface area contributed by atoms with Gasteiger partial charge in [-0.1, -0.05) is 13.8 Å². The van der Waals surface area contributed by atoms with Gasteiger partial charge in [0, 0.05) is 37.1 Å². The first-order valence-electron chi connectivity index (χ1n) is 8.85. The molecule has 0 aliphatic rings. The molecule has 0 unspecified atom stereocenters. The summed E-state index contributed by atoms with van der Waals surface area (Å²) in [4.78, 5) is 12.8. The molecule has 0 saturated heterocycles. The molecule has 0 spiro atoms. The molecule has 0 bridgehead atoms. The molecule has 5 nitrogen and oxygen atoms in total. The van der Waals surface area contributed by atoms with Crippen molar-refractivity contribution in [1.29, 1.82) is 0 Å². The van der Waals surface area contributed by atoms with Crippen molar-refractivity contribution < 1.29 is 0 Å². The fourth-order valence-electron chi connectivity index (χ4n) is 2.32. The first-order valence-corrected chi connectivity index (χ1v) is 9.67. The molecule has 0 fully saturated rings. The molecule has 0 amide bonds. The van der Waals surface area contributed by atoms with Gasteiger partial charge in [-0.25, -0.2) is 4.98 Å². The summed E-state index contributed by atoms with van der Waals surface area (Å²) in [6, 6.07) is 0. The summed E-state index contributed by atoms with van der Waals surface area (Å²) in [5.74, 6) is 0.920. The molecular formula is C17H33N5S. The van der Waals surface area contributed by atoms with Gasteiger partial charge in [0.15, 0.2) is 5.96 Å². The second-order valence-corrected chi connectivity index (χ2v) is 6.86. The highest BCUT2D eigenvalue weighted by atomic mass is 32.1. The van der Waals surface area contributed by atoms with E-state index in [0.717, 1.165) is 51.5 Å². The number of guanidine groups is 1. The van der Waals surface area contributed by atoms with Gasteiger partial charge < -0.3 is 15.5 Å². The number of aromatic nitrogens is 1. The van der Waals surface area contributed by atoms with Crippen LogP contribution in [0, 0.1) is 6.92 Å². The molecule has 23 heavy (non-hydrogen) atoms. The molecule has 0 radical (unpaired) electrons. The zero-order chi connectivity index (χ0) is 16.9. The van der Waals surface area contributed by atoms with Gasteiger partial charge in [0.2, 0.25) is 0 Å². The van der Waals surface area contributed by atoms with Crippen LogP contribution >= 0.6 is 11.3 Å². The zero-order valence-electron chi connectivity index (χ0n) is 15.2. The Balaban J connectivity index is 2.24. The molecular weight excluding hydrogens is 306 g/mol. The van der Waals surface area contributed by atoms with E-state index in [-0.39, 0.29) is 0 Å². The summed E-state index contributed by atoms with van der Waals surface area (Å²) >= 11 is 1.77. The van der Waals surface area contributed by atoms with Crippen molar-refractivity contribution in [2.75, 3.05) is 39.3 Å². The largest absolute Gasteiger partial charge is 0.357 e. The topological polar surface area (TPSA) is 52.6 Å². The van der Waals surface area contributed by atoms with Gasteiger partial charge in [0.1, 0.15) is 0 Å². The van der Waals surface area contributed by atoms with E-state index < -0.39 is 0 Å². The number of nitrogens with zero attached hydrogens (tertiary/aromatic N) is 3. The maximum Gasteiger partial charge on any atom is 0.191 e. The molecule has 132 valence electrons. The minimum atomic E-state index is 0.873. The Hall–Kier alpha value is -1.14. The van der Waals surface area contributed by atoms with E-state index in [0.29, 0.717) is 0 Å². The molecule has 1 rings (SSSR count). The summed E-state index contributed by atoms with van der Waals surface area (Å²) in [5, 5.41) is 7.89. The number of hydrogen-bond acceptors (Lipinski definition) is 4. The van der Waals surface area contributed by atoms with E-state index in [1.54, 1.807) is 11.3 Å². The third-order valence-corrected chi connectivity index (χ3v) is 4.66. The Bertz CT molecular complexity index is 440. The van der Waals surface area contributed by atoms with Crippen LogP contribution in [-0.4, -0.2) is 55.1 Å². The van der Waals surface area contributed by atoms with E-state index in [1.807, 2.05) is 6.20 Å². The highest BCUT2D eigenvalue weighted by molar-refractivity contribution is 7.11. The lowest BCUT2D eigenvalue weighted by atomic mass is 10.3. The van der Waals surface area contributed by atoms with Crippen LogP contribution in [0.2, 0.25) is 0 Å². The first-order chi connectivity index (χ1) is 11.2.